The van der Waals surface area contributed by atoms with E-state index >= 15 is 0 Å². The first-order valence-corrected chi connectivity index (χ1v) is 12.4. The van der Waals surface area contributed by atoms with Gasteiger partial charge in [0.15, 0.2) is 5.16 Å². The van der Waals surface area contributed by atoms with Crippen molar-refractivity contribution in [3.05, 3.63) is 50.1 Å². The van der Waals surface area contributed by atoms with Gasteiger partial charge in [0.25, 0.3) is 5.56 Å². The molecule has 3 aromatic rings. The number of amides is 1. The Bertz CT molecular complexity index is 1160. The number of halogens is 1. The number of methoxy groups -OCH3 is 1. The largest absolute Gasteiger partial charge is 0.383 e. The molecule has 0 saturated carbocycles. The van der Waals surface area contributed by atoms with Gasteiger partial charge in [-0.05, 0) is 62.4 Å². The van der Waals surface area contributed by atoms with Gasteiger partial charge in [0.05, 0.1) is 23.4 Å². The van der Waals surface area contributed by atoms with Crippen molar-refractivity contribution in [3.8, 4) is 5.69 Å². The number of benzene rings is 1. The number of fused-ring (bicyclic) bond motifs is 3. The molecule has 2 heterocycles. The first kappa shape index (κ1) is 22.3. The summed E-state index contributed by atoms with van der Waals surface area (Å²) >= 11 is 8.93. The maximum Gasteiger partial charge on any atom is 0.267 e. The number of hydrogen-bond acceptors (Lipinski definition) is 6. The average molecular weight is 478 g/mol. The third kappa shape index (κ3) is 4.82. The molecule has 2 aromatic heterocycles. The van der Waals surface area contributed by atoms with Gasteiger partial charge < -0.3 is 10.1 Å². The van der Waals surface area contributed by atoms with E-state index < -0.39 is 0 Å². The molecular weight excluding hydrogens is 454 g/mol. The normalized spacial score (nSPS) is 14.4. The third-order valence-electron chi connectivity index (χ3n) is 5.20. The van der Waals surface area contributed by atoms with Crippen molar-refractivity contribution >= 4 is 50.8 Å². The zero-order valence-corrected chi connectivity index (χ0v) is 19.8. The van der Waals surface area contributed by atoms with E-state index in [0.29, 0.717) is 22.5 Å². The van der Waals surface area contributed by atoms with E-state index in [1.807, 2.05) is 6.92 Å². The van der Waals surface area contributed by atoms with Crippen LogP contribution in [0.2, 0.25) is 5.02 Å². The lowest BCUT2D eigenvalue weighted by atomic mass is 9.97. The number of carbonyl (C=O) groups is 1. The van der Waals surface area contributed by atoms with Crippen LogP contribution in [0.3, 0.4) is 0 Å². The van der Waals surface area contributed by atoms with E-state index in [-0.39, 0.29) is 23.3 Å². The number of aryl methyl sites for hydroxylation is 2. The molecule has 1 unspecified atom stereocenters. The Morgan fingerprint density at radius 1 is 1.32 bits per heavy atom. The van der Waals surface area contributed by atoms with Crippen LogP contribution in [0.5, 0.6) is 0 Å². The van der Waals surface area contributed by atoms with Gasteiger partial charge >= 0.3 is 0 Å². The first-order valence-electron chi connectivity index (χ1n) is 10.2. The summed E-state index contributed by atoms with van der Waals surface area (Å²) in [5, 5.41) is 4.72. The highest BCUT2D eigenvalue weighted by atomic mass is 35.5. The number of nitrogens with zero attached hydrogens (tertiary/aromatic N) is 2. The molecule has 0 radical (unpaired) electrons. The first-order chi connectivity index (χ1) is 15.0. The van der Waals surface area contributed by atoms with Gasteiger partial charge in [-0.25, -0.2) is 4.98 Å². The third-order valence-corrected chi connectivity index (χ3v) is 7.58. The molecule has 4 rings (SSSR count). The summed E-state index contributed by atoms with van der Waals surface area (Å²) in [5.41, 5.74) is 1.76. The standard InChI is InChI=1S/C22H24ClN3O3S2/c1-13(11-29-2)24-18(27)12-30-22-25-20-19(16-5-3-4-6-17(16)31-20)21(28)26(22)15-9-7-14(23)8-10-15/h7-10,13H,3-6,11-12H2,1-2H3,(H,24,27). The highest BCUT2D eigenvalue weighted by molar-refractivity contribution is 7.99. The topological polar surface area (TPSA) is 73.2 Å². The van der Waals surface area contributed by atoms with E-state index in [1.54, 1.807) is 47.3 Å². The monoisotopic (exact) mass is 477 g/mol. The Hall–Kier alpha value is -1.87. The molecular formula is C22H24ClN3O3S2. The van der Waals surface area contributed by atoms with E-state index in [4.69, 9.17) is 21.3 Å². The molecule has 0 bridgehead atoms. The van der Waals surface area contributed by atoms with Crippen LogP contribution in [0, 0.1) is 0 Å². The van der Waals surface area contributed by atoms with Crippen molar-refractivity contribution in [3.63, 3.8) is 0 Å². The second-order valence-electron chi connectivity index (χ2n) is 7.61. The molecule has 0 saturated heterocycles. The smallest absolute Gasteiger partial charge is 0.267 e. The molecule has 0 aliphatic heterocycles. The van der Waals surface area contributed by atoms with Crippen LogP contribution in [0.25, 0.3) is 15.9 Å². The summed E-state index contributed by atoms with van der Waals surface area (Å²) in [7, 11) is 1.60. The predicted molar refractivity (Wildman–Crippen MR) is 127 cm³/mol. The Labute approximate surface area is 194 Å². The van der Waals surface area contributed by atoms with Gasteiger partial charge in [-0.15, -0.1) is 11.3 Å². The van der Waals surface area contributed by atoms with Crippen molar-refractivity contribution in [2.75, 3.05) is 19.5 Å². The van der Waals surface area contributed by atoms with Crippen LogP contribution in [-0.2, 0) is 22.4 Å². The Morgan fingerprint density at radius 2 is 2.06 bits per heavy atom. The second-order valence-corrected chi connectivity index (χ2v) is 10.1. The number of carbonyl (C=O) groups excluding carboxylic acids is 1. The highest BCUT2D eigenvalue weighted by Gasteiger charge is 2.23. The van der Waals surface area contributed by atoms with Gasteiger partial charge in [0, 0.05) is 23.1 Å². The van der Waals surface area contributed by atoms with Gasteiger partial charge in [-0.2, -0.15) is 0 Å². The van der Waals surface area contributed by atoms with Crippen molar-refractivity contribution in [1.29, 1.82) is 0 Å². The van der Waals surface area contributed by atoms with Gasteiger partial charge in [-0.3, -0.25) is 14.2 Å². The number of aromatic nitrogens is 2. The molecule has 0 spiro atoms. The van der Waals surface area contributed by atoms with E-state index in [1.165, 1.54) is 16.6 Å². The van der Waals surface area contributed by atoms with Crippen molar-refractivity contribution in [1.82, 2.24) is 14.9 Å². The Morgan fingerprint density at radius 3 is 2.81 bits per heavy atom. The van der Waals surface area contributed by atoms with Crippen LogP contribution < -0.4 is 10.9 Å². The lowest BCUT2D eigenvalue weighted by Gasteiger charge is -2.15. The number of nitrogens with one attached hydrogen (secondary N) is 1. The molecule has 9 heteroatoms. The summed E-state index contributed by atoms with van der Waals surface area (Å²) in [4.78, 5) is 32.9. The van der Waals surface area contributed by atoms with Gasteiger partial charge in [0.1, 0.15) is 4.83 Å². The number of ether oxygens (including phenoxy) is 1. The fraction of sp³-hybridized carbons (Fsp3) is 0.409. The minimum Gasteiger partial charge on any atom is -0.383 e. The molecule has 1 atom stereocenters. The minimum absolute atomic E-state index is 0.0811. The fourth-order valence-corrected chi connectivity index (χ4v) is 6.09. The molecule has 6 nitrogen and oxygen atoms in total. The van der Waals surface area contributed by atoms with Crippen molar-refractivity contribution < 1.29 is 9.53 Å². The van der Waals surface area contributed by atoms with Gasteiger partial charge in [-0.1, -0.05) is 23.4 Å². The molecule has 164 valence electrons. The summed E-state index contributed by atoms with van der Waals surface area (Å²) in [5.74, 6) is 0.0297. The highest BCUT2D eigenvalue weighted by Crippen LogP contribution is 2.35. The lowest BCUT2D eigenvalue weighted by Crippen LogP contribution is -2.36. The van der Waals surface area contributed by atoms with E-state index in [2.05, 4.69) is 5.32 Å². The fourth-order valence-electron chi connectivity index (χ4n) is 3.84. The van der Waals surface area contributed by atoms with Crippen LogP contribution in [0.15, 0.2) is 34.2 Å². The SMILES string of the molecule is COCC(C)NC(=O)CSc1nc2sc3c(c2c(=O)n1-c1ccc(Cl)cc1)CCCC3. The molecule has 1 aromatic carbocycles. The van der Waals surface area contributed by atoms with Gasteiger partial charge in [0.2, 0.25) is 5.91 Å². The van der Waals surface area contributed by atoms with Crippen LogP contribution in [0.4, 0.5) is 0 Å². The zero-order valence-electron chi connectivity index (χ0n) is 17.4. The molecule has 1 N–H and O–H groups in total. The molecule has 1 aliphatic carbocycles. The number of thioether (sulfide) groups is 1. The summed E-state index contributed by atoms with van der Waals surface area (Å²) in [6.07, 6.45) is 4.15. The van der Waals surface area contributed by atoms with E-state index in [0.717, 1.165) is 41.5 Å². The summed E-state index contributed by atoms with van der Waals surface area (Å²) in [6, 6.07) is 7.03. The predicted octanol–water partition coefficient (Wildman–Crippen LogP) is 4.22. The van der Waals surface area contributed by atoms with Crippen LogP contribution in [0.1, 0.15) is 30.2 Å². The molecule has 31 heavy (non-hydrogen) atoms. The summed E-state index contributed by atoms with van der Waals surface area (Å²) in [6.45, 7) is 2.33. The molecule has 1 amide bonds. The zero-order chi connectivity index (χ0) is 22.0. The summed E-state index contributed by atoms with van der Waals surface area (Å²) < 4.78 is 6.68. The number of rotatable bonds is 7. The number of hydrogen-bond donors (Lipinski definition) is 1. The minimum atomic E-state index is -0.128. The van der Waals surface area contributed by atoms with Crippen LogP contribution >= 0.6 is 34.7 Å². The second kappa shape index (κ2) is 9.73. The van der Waals surface area contributed by atoms with Crippen molar-refractivity contribution in [2.24, 2.45) is 0 Å². The van der Waals surface area contributed by atoms with Crippen LogP contribution in [-0.4, -0.2) is 41.0 Å². The van der Waals surface area contributed by atoms with Crippen molar-refractivity contribution in [2.45, 2.75) is 43.8 Å². The van der Waals surface area contributed by atoms with E-state index in [9.17, 15) is 9.59 Å². The lowest BCUT2D eigenvalue weighted by molar-refractivity contribution is -0.119. The molecule has 1 aliphatic rings. The quantitative estimate of drug-likeness (QED) is 0.407. The Balaban J connectivity index is 1.74. The maximum atomic E-state index is 13.6. The average Bonchev–Trinajstić information content (AvgIpc) is 3.12. The number of thiophene rings is 1. The maximum absolute atomic E-state index is 13.6. The Kier molecular flexibility index (Phi) is 7.01. The molecule has 0 fully saturated rings.